The second kappa shape index (κ2) is 6.62. The van der Waals surface area contributed by atoms with E-state index in [2.05, 4.69) is 25.9 Å². The SMILES string of the molecule is CCN(Cc1cccc(C)n1)c1ncc(Br)cc1[N+](=O)[O-]. The fraction of sp³-hybridized carbons (Fsp3) is 0.286. The van der Waals surface area contributed by atoms with E-state index in [-0.39, 0.29) is 5.69 Å². The van der Waals surface area contributed by atoms with Crippen molar-refractivity contribution < 1.29 is 4.92 Å². The second-order valence-electron chi connectivity index (χ2n) is 4.54. The van der Waals surface area contributed by atoms with Crippen LogP contribution >= 0.6 is 15.9 Å². The molecule has 0 bridgehead atoms. The predicted octanol–water partition coefficient (Wildman–Crippen LogP) is 3.48. The number of nitro groups is 1. The lowest BCUT2D eigenvalue weighted by molar-refractivity contribution is -0.384. The van der Waals surface area contributed by atoms with E-state index in [0.717, 1.165) is 11.4 Å². The zero-order chi connectivity index (χ0) is 15.4. The van der Waals surface area contributed by atoms with Crippen molar-refractivity contribution in [3.63, 3.8) is 0 Å². The van der Waals surface area contributed by atoms with Gasteiger partial charge in [-0.15, -0.1) is 0 Å². The maximum atomic E-state index is 11.2. The van der Waals surface area contributed by atoms with E-state index in [4.69, 9.17) is 0 Å². The van der Waals surface area contributed by atoms with E-state index in [0.29, 0.717) is 23.4 Å². The number of aryl methyl sites for hydroxylation is 1. The molecule has 7 heteroatoms. The van der Waals surface area contributed by atoms with Crippen LogP contribution in [0.15, 0.2) is 34.9 Å². The van der Waals surface area contributed by atoms with Crippen molar-refractivity contribution in [3.05, 3.63) is 56.4 Å². The van der Waals surface area contributed by atoms with E-state index in [1.165, 1.54) is 6.07 Å². The summed E-state index contributed by atoms with van der Waals surface area (Å²) in [6.45, 7) is 4.93. The Morgan fingerprint density at radius 1 is 1.43 bits per heavy atom. The summed E-state index contributed by atoms with van der Waals surface area (Å²) < 4.78 is 0.586. The number of anilines is 1. The van der Waals surface area contributed by atoms with E-state index in [1.54, 1.807) is 6.20 Å². The zero-order valence-corrected chi connectivity index (χ0v) is 13.4. The molecule has 0 N–H and O–H groups in total. The molecule has 0 unspecified atom stereocenters. The van der Waals surface area contributed by atoms with Crippen molar-refractivity contribution in [2.75, 3.05) is 11.4 Å². The van der Waals surface area contributed by atoms with E-state index in [1.807, 2.05) is 36.9 Å². The van der Waals surface area contributed by atoms with Crippen LogP contribution in [0.25, 0.3) is 0 Å². The summed E-state index contributed by atoms with van der Waals surface area (Å²) >= 11 is 3.21. The minimum Gasteiger partial charge on any atom is -0.345 e. The second-order valence-corrected chi connectivity index (χ2v) is 5.45. The molecular formula is C14H15BrN4O2. The van der Waals surface area contributed by atoms with Crippen LogP contribution in [0.1, 0.15) is 18.3 Å². The predicted molar refractivity (Wildman–Crippen MR) is 84.3 cm³/mol. The molecule has 0 saturated heterocycles. The molecule has 2 heterocycles. The summed E-state index contributed by atoms with van der Waals surface area (Å²) in [5.74, 6) is 0.356. The van der Waals surface area contributed by atoms with Gasteiger partial charge in [0, 0.05) is 29.0 Å². The Hall–Kier alpha value is -2.02. The number of nitrogens with zero attached hydrogens (tertiary/aromatic N) is 4. The molecular weight excluding hydrogens is 336 g/mol. The van der Waals surface area contributed by atoms with Crippen molar-refractivity contribution in [1.29, 1.82) is 0 Å². The number of hydrogen-bond donors (Lipinski definition) is 0. The van der Waals surface area contributed by atoms with Crippen molar-refractivity contribution in [1.82, 2.24) is 9.97 Å². The topological polar surface area (TPSA) is 72.2 Å². The Kier molecular flexibility index (Phi) is 4.85. The Bertz CT molecular complexity index is 663. The number of halogens is 1. The van der Waals surface area contributed by atoms with Crippen molar-refractivity contribution in [3.8, 4) is 0 Å². The third-order valence-electron chi connectivity index (χ3n) is 2.99. The number of rotatable bonds is 5. The minimum atomic E-state index is -0.417. The highest BCUT2D eigenvalue weighted by Gasteiger charge is 2.21. The van der Waals surface area contributed by atoms with Gasteiger partial charge in [0.25, 0.3) is 0 Å². The molecule has 0 aliphatic rings. The molecule has 0 aliphatic heterocycles. The molecule has 21 heavy (non-hydrogen) atoms. The monoisotopic (exact) mass is 350 g/mol. The molecule has 2 aromatic rings. The van der Waals surface area contributed by atoms with Gasteiger partial charge in [0.1, 0.15) is 0 Å². The van der Waals surface area contributed by atoms with Gasteiger partial charge in [0.05, 0.1) is 17.2 Å². The lowest BCUT2D eigenvalue weighted by Crippen LogP contribution is -2.24. The molecule has 0 amide bonds. The van der Waals surface area contributed by atoms with Gasteiger partial charge in [-0.1, -0.05) is 6.07 Å². The lowest BCUT2D eigenvalue weighted by atomic mass is 10.2. The highest BCUT2D eigenvalue weighted by Crippen LogP contribution is 2.29. The third kappa shape index (κ3) is 3.75. The Balaban J connectivity index is 2.35. The number of hydrogen-bond acceptors (Lipinski definition) is 5. The van der Waals surface area contributed by atoms with Crippen molar-refractivity contribution in [2.45, 2.75) is 20.4 Å². The fourth-order valence-electron chi connectivity index (χ4n) is 2.02. The molecule has 0 radical (unpaired) electrons. The van der Waals surface area contributed by atoms with Gasteiger partial charge in [-0.2, -0.15) is 0 Å². The number of pyridine rings is 2. The van der Waals surface area contributed by atoms with Gasteiger partial charge < -0.3 is 4.90 Å². The molecule has 0 aromatic carbocycles. The van der Waals surface area contributed by atoms with Crippen LogP contribution in [0, 0.1) is 17.0 Å². The largest absolute Gasteiger partial charge is 0.345 e. The van der Waals surface area contributed by atoms with Crippen LogP contribution in [0.3, 0.4) is 0 Å². The Labute approximate surface area is 131 Å². The average Bonchev–Trinajstić information content (AvgIpc) is 2.45. The molecule has 2 rings (SSSR count). The fourth-order valence-corrected chi connectivity index (χ4v) is 2.34. The smallest absolute Gasteiger partial charge is 0.312 e. The van der Waals surface area contributed by atoms with E-state index < -0.39 is 4.92 Å². The van der Waals surface area contributed by atoms with Crippen LogP contribution in [0.5, 0.6) is 0 Å². The van der Waals surface area contributed by atoms with Gasteiger partial charge in [-0.3, -0.25) is 15.1 Å². The van der Waals surface area contributed by atoms with Crippen LogP contribution in [0.2, 0.25) is 0 Å². The molecule has 0 atom stereocenters. The van der Waals surface area contributed by atoms with E-state index in [9.17, 15) is 10.1 Å². The highest BCUT2D eigenvalue weighted by atomic mass is 79.9. The first-order chi connectivity index (χ1) is 10.0. The van der Waals surface area contributed by atoms with Gasteiger partial charge >= 0.3 is 5.69 Å². The molecule has 0 saturated carbocycles. The van der Waals surface area contributed by atoms with Gasteiger partial charge in [0.2, 0.25) is 5.82 Å². The third-order valence-corrected chi connectivity index (χ3v) is 3.42. The first kappa shape index (κ1) is 15.4. The summed E-state index contributed by atoms with van der Waals surface area (Å²) in [4.78, 5) is 21.3. The van der Waals surface area contributed by atoms with E-state index >= 15 is 0 Å². The highest BCUT2D eigenvalue weighted by molar-refractivity contribution is 9.10. The average molecular weight is 351 g/mol. The summed E-state index contributed by atoms with van der Waals surface area (Å²) in [5.41, 5.74) is 1.76. The van der Waals surface area contributed by atoms with Crippen LogP contribution < -0.4 is 4.90 Å². The minimum absolute atomic E-state index is 0.0149. The standard InChI is InChI=1S/C14H15BrN4O2/c1-3-18(9-12-6-4-5-10(2)17-12)14-13(19(20)21)7-11(15)8-16-14/h4-8H,3,9H2,1-2H3. The lowest BCUT2D eigenvalue weighted by Gasteiger charge is -2.21. The summed E-state index contributed by atoms with van der Waals surface area (Å²) in [6.07, 6.45) is 1.56. The molecule has 6 nitrogen and oxygen atoms in total. The van der Waals surface area contributed by atoms with Crippen LogP contribution in [0.4, 0.5) is 11.5 Å². The zero-order valence-electron chi connectivity index (χ0n) is 11.8. The van der Waals surface area contributed by atoms with Gasteiger partial charge in [-0.25, -0.2) is 4.98 Å². The summed E-state index contributed by atoms with van der Waals surface area (Å²) in [7, 11) is 0. The van der Waals surface area contributed by atoms with Crippen LogP contribution in [-0.2, 0) is 6.54 Å². The first-order valence-electron chi connectivity index (χ1n) is 6.48. The van der Waals surface area contributed by atoms with Crippen LogP contribution in [-0.4, -0.2) is 21.4 Å². The van der Waals surface area contributed by atoms with Gasteiger partial charge in [0.15, 0.2) is 0 Å². The number of aromatic nitrogens is 2. The van der Waals surface area contributed by atoms with Gasteiger partial charge in [-0.05, 0) is 41.9 Å². The first-order valence-corrected chi connectivity index (χ1v) is 7.28. The Morgan fingerprint density at radius 3 is 2.81 bits per heavy atom. The maximum absolute atomic E-state index is 11.2. The summed E-state index contributed by atoms with van der Waals surface area (Å²) in [5, 5.41) is 11.2. The maximum Gasteiger partial charge on any atom is 0.312 e. The van der Waals surface area contributed by atoms with Crippen molar-refractivity contribution in [2.24, 2.45) is 0 Å². The quantitative estimate of drug-likeness (QED) is 0.609. The normalized spacial score (nSPS) is 10.4. The molecule has 0 spiro atoms. The Morgan fingerprint density at radius 2 is 2.19 bits per heavy atom. The molecule has 0 aliphatic carbocycles. The molecule has 110 valence electrons. The van der Waals surface area contributed by atoms with Crippen molar-refractivity contribution >= 4 is 27.4 Å². The molecule has 0 fully saturated rings. The molecule has 2 aromatic heterocycles. The summed E-state index contributed by atoms with van der Waals surface area (Å²) in [6, 6.07) is 7.21.